The van der Waals surface area contributed by atoms with Gasteiger partial charge in [-0.15, -0.1) is 0 Å². The van der Waals surface area contributed by atoms with Crippen LogP contribution in [0.15, 0.2) is 24.3 Å². The van der Waals surface area contributed by atoms with Gasteiger partial charge in [-0.2, -0.15) is 17.0 Å². The van der Waals surface area contributed by atoms with Crippen LogP contribution in [0.2, 0.25) is 0 Å². The van der Waals surface area contributed by atoms with Gasteiger partial charge in [0.05, 0.1) is 6.04 Å². The first-order chi connectivity index (χ1) is 12.4. The zero-order valence-electron chi connectivity index (χ0n) is 16.3. The first-order valence-corrected chi connectivity index (χ1v) is 10.7. The maximum Gasteiger partial charge on any atom is 0.282 e. The molecule has 0 aromatic heterocycles. The smallest absolute Gasteiger partial charge is 0.282 e. The van der Waals surface area contributed by atoms with Crippen LogP contribution in [0.25, 0.3) is 0 Å². The van der Waals surface area contributed by atoms with E-state index in [0.717, 1.165) is 43.8 Å². The zero-order chi connectivity index (χ0) is 18.9. The van der Waals surface area contributed by atoms with Gasteiger partial charge in [0.2, 0.25) is 0 Å². The van der Waals surface area contributed by atoms with Crippen LogP contribution in [-0.4, -0.2) is 75.9 Å². The van der Waals surface area contributed by atoms with Gasteiger partial charge >= 0.3 is 0 Å². The van der Waals surface area contributed by atoms with Gasteiger partial charge in [-0.05, 0) is 36.3 Å². The standard InChI is InChI=1S/C19H31N3O3S/c1-15-8-5-6-9-17(15)19-18-14-21(10-7-11-25-4)12-16(18)13-22(19)26(23,24)20(2)3/h5-6,8-9,16,18-19H,7,10-14H2,1-4H3/t16-,18-,19+/m0/s1. The maximum atomic E-state index is 13.0. The summed E-state index contributed by atoms with van der Waals surface area (Å²) in [6.45, 7) is 6.39. The summed E-state index contributed by atoms with van der Waals surface area (Å²) in [5, 5.41) is 0. The molecule has 0 aliphatic carbocycles. The summed E-state index contributed by atoms with van der Waals surface area (Å²) in [6.07, 6.45) is 1.02. The van der Waals surface area contributed by atoms with E-state index in [1.54, 1.807) is 25.5 Å². The highest BCUT2D eigenvalue weighted by atomic mass is 32.2. The van der Waals surface area contributed by atoms with Crippen LogP contribution in [0.3, 0.4) is 0 Å². The summed E-state index contributed by atoms with van der Waals surface area (Å²) < 4.78 is 34.2. The number of aryl methyl sites for hydroxylation is 1. The van der Waals surface area contributed by atoms with Crippen LogP contribution < -0.4 is 0 Å². The fraction of sp³-hybridized carbons (Fsp3) is 0.684. The lowest BCUT2D eigenvalue weighted by molar-refractivity contribution is 0.174. The fourth-order valence-electron chi connectivity index (χ4n) is 4.46. The monoisotopic (exact) mass is 381 g/mol. The molecule has 1 aromatic carbocycles. The van der Waals surface area contributed by atoms with E-state index in [-0.39, 0.29) is 6.04 Å². The van der Waals surface area contributed by atoms with E-state index in [9.17, 15) is 8.42 Å². The molecule has 0 amide bonds. The van der Waals surface area contributed by atoms with Gasteiger partial charge < -0.3 is 9.64 Å². The number of ether oxygens (including phenoxy) is 1. The highest BCUT2D eigenvalue weighted by Gasteiger charge is 2.51. The summed E-state index contributed by atoms with van der Waals surface area (Å²) >= 11 is 0. The minimum absolute atomic E-state index is 0.0824. The molecule has 0 radical (unpaired) electrons. The Morgan fingerprint density at radius 3 is 2.58 bits per heavy atom. The molecule has 2 fully saturated rings. The number of nitrogens with zero attached hydrogens (tertiary/aromatic N) is 3. The van der Waals surface area contributed by atoms with Crippen molar-refractivity contribution >= 4 is 10.2 Å². The molecule has 3 rings (SSSR count). The Bertz CT molecular complexity index is 722. The Hall–Kier alpha value is -0.990. The molecule has 0 N–H and O–H groups in total. The van der Waals surface area contributed by atoms with Crippen molar-refractivity contribution in [3.05, 3.63) is 35.4 Å². The maximum absolute atomic E-state index is 13.0. The van der Waals surface area contributed by atoms with Gasteiger partial charge in [0.1, 0.15) is 0 Å². The van der Waals surface area contributed by atoms with Gasteiger partial charge in [-0.1, -0.05) is 24.3 Å². The van der Waals surface area contributed by atoms with E-state index >= 15 is 0 Å². The molecule has 1 aromatic rings. The summed E-state index contributed by atoms with van der Waals surface area (Å²) in [4.78, 5) is 2.47. The predicted molar refractivity (Wildman–Crippen MR) is 103 cm³/mol. The van der Waals surface area contributed by atoms with E-state index in [1.165, 1.54) is 4.31 Å². The molecule has 2 aliphatic heterocycles. The normalized spacial score (nSPS) is 27.3. The highest BCUT2D eigenvalue weighted by Crippen LogP contribution is 2.47. The molecular weight excluding hydrogens is 350 g/mol. The van der Waals surface area contributed by atoms with Crippen molar-refractivity contribution in [1.29, 1.82) is 0 Å². The third-order valence-corrected chi connectivity index (χ3v) is 7.68. The topological polar surface area (TPSA) is 53.1 Å². The Morgan fingerprint density at radius 1 is 1.19 bits per heavy atom. The molecule has 6 nitrogen and oxygen atoms in total. The molecule has 3 atom stereocenters. The van der Waals surface area contributed by atoms with Crippen molar-refractivity contribution in [2.45, 2.75) is 19.4 Å². The molecule has 2 saturated heterocycles. The van der Waals surface area contributed by atoms with Crippen molar-refractivity contribution in [2.75, 3.05) is 54.0 Å². The second-order valence-corrected chi connectivity index (χ2v) is 9.79. The van der Waals surface area contributed by atoms with Crippen LogP contribution in [0.5, 0.6) is 0 Å². The quantitative estimate of drug-likeness (QED) is 0.675. The number of hydrogen-bond acceptors (Lipinski definition) is 4. The lowest BCUT2D eigenvalue weighted by Gasteiger charge is -2.31. The lowest BCUT2D eigenvalue weighted by Crippen LogP contribution is -2.42. The summed E-state index contributed by atoms with van der Waals surface area (Å²) in [7, 11) is 1.53. The SMILES string of the molecule is COCCCN1C[C@H]2CN(S(=O)(=O)N(C)C)[C@H](c3ccccc3C)[C@H]2C1. The largest absolute Gasteiger partial charge is 0.385 e. The Kier molecular flexibility index (Phi) is 6.04. The number of hydrogen-bond donors (Lipinski definition) is 0. The molecule has 0 unspecified atom stereocenters. The number of methoxy groups -OCH3 is 1. The minimum atomic E-state index is -3.44. The molecule has 26 heavy (non-hydrogen) atoms. The first kappa shape index (κ1) is 19.8. The summed E-state index contributed by atoms with van der Waals surface area (Å²) in [6, 6.07) is 8.12. The summed E-state index contributed by atoms with van der Waals surface area (Å²) in [5.74, 6) is 0.727. The van der Waals surface area contributed by atoms with Gasteiger partial charge in [0, 0.05) is 54.0 Å². The second kappa shape index (κ2) is 7.94. The minimum Gasteiger partial charge on any atom is -0.385 e. The van der Waals surface area contributed by atoms with Crippen molar-refractivity contribution in [3.8, 4) is 0 Å². The highest BCUT2D eigenvalue weighted by molar-refractivity contribution is 7.86. The van der Waals surface area contributed by atoms with E-state index in [4.69, 9.17) is 4.74 Å². The Labute approximate surface area is 157 Å². The molecule has 0 bridgehead atoms. The van der Waals surface area contributed by atoms with Gasteiger partial charge in [0.25, 0.3) is 10.2 Å². The van der Waals surface area contributed by atoms with E-state index < -0.39 is 10.2 Å². The van der Waals surface area contributed by atoms with Crippen molar-refractivity contribution in [1.82, 2.24) is 13.5 Å². The fourth-order valence-corrected chi connectivity index (χ4v) is 5.82. The molecule has 0 spiro atoms. The Balaban J connectivity index is 1.88. The van der Waals surface area contributed by atoms with E-state index in [1.807, 2.05) is 12.1 Å². The molecule has 2 heterocycles. The lowest BCUT2D eigenvalue weighted by atomic mass is 9.88. The number of fused-ring (bicyclic) bond motifs is 1. The van der Waals surface area contributed by atoms with Crippen LogP contribution in [-0.2, 0) is 14.9 Å². The third kappa shape index (κ3) is 3.68. The zero-order valence-corrected chi connectivity index (χ0v) is 17.1. The molecule has 7 heteroatoms. The van der Waals surface area contributed by atoms with E-state index in [0.29, 0.717) is 18.4 Å². The van der Waals surface area contributed by atoms with Crippen LogP contribution in [0.1, 0.15) is 23.6 Å². The number of likely N-dealkylation sites (tertiary alicyclic amines) is 1. The average Bonchev–Trinajstić information content (AvgIpc) is 3.13. The first-order valence-electron chi connectivity index (χ1n) is 9.32. The third-order valence-electron chi connectivity index (χ3n) is 5.79. The van der Waals surface area contributed by atoms with Crippen molar-refractivity contribution < 1.29 is 13.2 Å². The predicted octanol–water partition coefficient (Wildman–Crippen LogP) is 1.74. The van der Waals surface area contributed by atoms with Crippen LogP contribution in [0, 0.1) is 18.8 Å². The van der Waals surface area contributed by atoms with Crippen molar-refractivity contribution in [2.24, 2.45) is 11.8 Å². The molecule has 146 valence electrons. The number of benzene rings is 1. The van der Waals surface area contributed by atoms with Gasteiger partial charge in [-0.25, -0.2) is 0 Å². The van der Waals surface area contributed by atoms with Gasteiger partial charge in [0.15, 0.2) is 0 Å². The van der Waals surface area contributed by atoms with Gasteiger partial charge in [-0.3, -0.25) is 0 Å². The second-order valence-electron chi connectivity index (χ2n) is 7.69. The Morgan fingerprint density at radius 2 is 1.92 bits per heavy atom. The number of rotatable bonds is 7. The average molecular weight is 382 g/mol. The van der Waals surface area contributed by atoms with Crippen LogP contribution >= 0.6 is 0 Å². The molecular formula is C19H31N3O3S. The van der Waals surface area contributed by atoms with Crippen molar-refractivity contribution in [3.63, 3.8) is 0 Å². The van der Waals surface area contributed by atoms with E-state index in [2.05, 4.69) is 24.0 Å². The van der Waals surface area contributed by atoms with Crippen LogP contribution in [0.4, 0.5) is 0 Å². The summed E-state index contributed by atoms with van der Waals surface area (Å²) in [5.41, 5.74) is 2.30. The molecule has 2 aliphatic rings. The molecule has 0 saturated carbocycles.